The summed E-state index contributed by atoms with van der Waals surface area (Å²) in [7, 11) is -9.33. The number of hydrogen-bond acceptors (Lipinski definition) is 6. The zero-order chi connectivity index (χ0) is 48.4. The van der Waals surface area contributed by atoms with Crippen LogP contribution >= 0.6 is 0 Å². The molecule has 0 aromatic heterocycles. The van der Waals surface area contributed by atoms with Gasteiger partial charge in [-0.05, 0) is 25.7 Å². The molecule has 0 aliphatic heterocycles. The van der Waals surface area contributed by atoms with E-state index in [1.807, 2.05) is 0 Å². The monoisotopic (exact) mass is 985 g/mol. The van der Waals surface area contributed by atoms with Gasteiger partial charge in [0.05, 0.1) is 0 Å². The molecule has 0 heterocycles. The number of rotatable bonds is 48. The summed E-state index contributed by atoms with van der Waals surface area (Å²) in [6.07, 6.45) is 62.3. The largest absolute Gasteiger partial charge is 1.00 e. The van der Waals surface area contributed by atoms with Crippen LogP contribution in [0.2, 0.25) is 0 Å². The topological polar surface area (TPSA) is 168 Å². The predicted octanol–water partition coefficient (Wildman–Crippen LogP) is 15.1. The van der Waals surface area contributed by atoms with E-state index in [1.165, 1.54) is 283 Å². The Morgan fingerprint density at radius 2 is 0.338 bits per heavy atom. The summed E-state index contributed by atoms with van der Waals surface area (Å²) in [5, 5.41) is 0. The fraction of sp³-hybridized carbons (Fsp3) is 1.00. The summed E-state index contributed by atoms with van der Waals surface area (Å²) in [5.41, 5.74) is 0. The molecule has 0 aromatic rings. The molecule has 0 aliphatic carbocycles. The predicted molar refractivity (Wildman–Crippen MR) is 277 cm³/mol. The molecule has 0 rings (SSSR count). The maximum atomic E-state index is 8.74. The van der Waals surface area contributed by atoms with Crippen LogP contribution in [0.4, 0.5) is 0 Å². The van der Waals surface area contributed by atoms with Crippen molar-refractivity contribution >= 4 is 20.8 Å². The van der Waals surface area contributed by atoms with Gasteiger partial charge in [0.1, 0.15) is 0 Å². The van der Waals surface area contributed by atoms with E-state index in [-0.39, 0.29) is 31.0 Å². The van der Waals surface area contributed by atoms with Crippen LogP contribution < -0.4 is 29.6 Å². The van der Waals surface area contributed by atoms with Crippen molar-refractivity contribution in [2.45, 2.75) is 310 Å². The summed E-state index contributed by atoms with van der Waals surface area (Å²) in [6, 6.07) is 0. The molecular formula is C52H113NaO10S2. The zero-order valence-corrected chi connectivity index (χ0v) is 47.6. The van der Waals surface area contributed by atoms with E-state index in [1.54, 1.807) is 0 Å². The van der Waals surface area contributed by atoms with Crippen molar-refractivity contribution in [2.24, 2.45) is 0 Å². The van der Waals surface area contributed by atoms with Crippen molar-refractivity contribution < 1.29 is 75.5 Å². The molecule has 0 atom stereocenters. The first-order valence-electron chi connectivity index (χ1n) is 27.4. The van der Waals surface area contributed by atoms with E-state index < -0.39 is 20.8 Å². The molecule has 65 heavy (non-hydrogen) atoms. The van der Waals surface area contributed by atoms with Crippen LogP contribution in [0.3, 0.4) is 0 Å². The first-order chi connectivity index (χ1) is 30.8. The third-order valence-electron chi connectivity index (χ3n) is 11.6. The fourth-order valence-electron chi connectivity index (χ4n) is 7.68. The number of ether oxygens (including phenoxy) is 2. The van der Waals surface area contributed by atoms with Gasteiger partial charge in [-0.1, -0.05) is 285 Å². The Labute approximate surface area is 430 Å². The van der Waals surface area contributed by atoms with E-state index in [0.29, 0.717) is 0 Å². The molecule has 394 valence electrons. The summed E-state index contributed by atoms with van der Waals surface area (Å²) in [4.78, 5) is 0. The minimum atomic E-state index is -4.67. The van der Waals surface area contributed by atoms with Gasteiger partial charge in [0, 0.05) is 26.4 Å². The first-order valence-corrected chi connectivity index (χ1v) is 30.2. The van der Waals surface area contributed by atoms with Gasteiger partial charge in [-0.2, -0.15) is 16.8 Å². The van der Waals surface area contributed by atoms with Crippen LogP contribution in [0.15, 0.2) is 0 Å². The Bertz CT molecular complexity index is 933. The average Bonchev–Trinajstić information content (AvgIpc) is 3.23. The van der Waals surface area contributed by atoms with Crippen molar-refractivity contribution in [3.8, 4) is 0 Å². The average molecular weight is 986 g/mol. The third kappa shape index (κ3) is 107. The molecule has 0 fully saturated rings. The molecule has 0 radical (unpaired) electrons. The maximum Gasteiger partial charge on any atom is 1.00 e. The van der Waals surface area contributed by atoms with Gasteiger partial charge < -0.3 is 10.9 Å². The second-order valence-electron chi connectivity index (χ2n) is 18.3. The number of unbranched alkanes of at least 4 members (excludes halogenated alkanes) is 40. The fourth-order valence-corrected chi connectivity index (χ4v) is 7.68. The van der Waals surface area contributed by atoms with Gasteiger partial charge in [-0.25, -0.2) is 0 Å². The molecule has 0 saturated heterocycles. The van der Waals surface area contributed by atoms with Crippen LogP contribution in [0.5, 0.6) is 0 Å². The molecule has 0 amide bonds. The number of hydrogen-bond donors (Lipinski definition) is 4. The maximum absolute atomic E-state index is 8.74. The molecule has 0 aromatic carbocycles. The third-order valence-corrected chi connectivity index (χ3v) is 11.6. The van der Waals surface area contributed by atoms with E-state index in [2.05, 4.69) is 27.7 Å². The first kappa shape index (κ1) is 74.6. The Kier molecular flexibility index (Phi) is 76.6. The van der Waals surface area contributed by atoms with Crippen LogP contribution in [-0.4, -0.2) is 61.5 Å². The summed E-state index contributed by atoms with van der Waals surface area (Å²) in [6.45, 7) is 13.2. The van der Waals surface area contributed by atoms with Crippen LogP contribution in [0.25, 0.3) is 0 Å². The second-order valence-corrected chi connectivity index (χ2v) is 20.1. The Morgan fingerprint density at radius 3 is 0.446 bits per heavy atom. The standard InChI is InChI=1S/C28H58O.C24H50O.Na.2H2O4S.H/c1-3-5-7-9-11-13-15-17-19-21-23-25-27-29-28-26-24-22-20-18-16-14-12-10-8-6-4-2;1-3-5-7-9-11-13-15-17-19-21-23-25-24-22-20-18-16-14-12-10-8-6-4-2;;2*1-5(2,3)4;/h3-28H2,1-2H3;3-24H2,1-2H3;;2*(H2,1,2,3,4);/q;;+1;;;-1. The van der Waals surface area contributed by atoms with Crippen molar-refractivity contribution in [3.05, 3.63) is 0 Å². The molecule has 0 unspecified atom stereocenters. The van der Waals surface area contributed by atoms with Crippen molar-refractivity contribution in [2.75, 3.05) is 26.4 Å². The van der Waals surface area contributed by atoms with Crippen molar-refractivity contribution in [3.63, 3.8) is 0 Å². The quantitative estimate of drug-likeness (QED) is 0.0262. The summed E-state index contributed by atoms with van der Waals surface area (Å²) in [5.74, 6) is 0. The van der Waals surface area contributed by atoms with Gasteiger partial charge in [-0.15, -0.1) is 0 Å². The minimum Gasteiger partial charge on any atom is -1.00 e. The second kappa shape index (κ2) is 66.7. The molecule has 0 aliphatic rings. The van der Waals surface area contributed by atoms with Gasteiger partial charge >= 0.3 is 50.4 Å². The normalized spacial score (nSPS) is 11.2. The SMILES string of the molecule is CCCCCCCCCCCCCCOCCCCCCCCCCCCCC.CCCCCCCCCCCCOCCCCCCCCCCCC.O=S(=O)(O)O.O=S(=O)(O)O.[H-].[Na+]. The zero-order valence-electron chi connectivity index (χ0n) is 45.0. The molecule has 13 heteroatoms. The Morgan fingerprint density at radius 1 is 0.246 bits per heavy atom. The molecule has 4 N–H and O–H groups in total. The van der Waals surface area contributed by atoms with Crippen molar-refractivity contribution in [1.29, 1.82) is 0 Å². The van der Waals surface area contributed by atoms with Crippen LogP contribution in [0.1, 0.15) is 312 Å². The molecular weight excluding hydrogens is 872 g/mol. The van der Waals surface area contributed by atoms with E-state index in [4.69, 9.17) is 44.5 Å². The molecule has 0 saturated carbocycles. The van der Waals surface area contributed by atoms with Crippen LogP contribution in [0, 0.1) is 0 Å². The molecule has 10 nitrogen and oxygen atoms in total. The van der Waals surface area contributed by atoms with E-state index in [9.17, 15) is 0 Å². The van der Waals surface area contributed by atoms with Crippen LogP contribution in [-0.2, 0) is 30.3 Å². The van der Waals surface area contributed by atoms with Crippen molar-refractivity contribution in [1.82, 2.24) is 0 Å². The molecule has 0 spiro atoms. The summed E-state index contributed by atoms with van der Waals surface area (Å²) < 4.78 is 74.8. The van der Waals surface area contributed by atoms with Gasteiger partial charge in [0.2, 0.25) is 0 Å². The van der Waals surface area contributed by atoms with Gasteiger partial charge in [-0.3, -0.25) is 18.2 Å². The van der Waals surface area contributed by atoms with E-state index in [0.717, 1.165) is 26.4 Å². The van der Waals surface area contributed by atoms with Gasteiger partial charge in [0.15, 0.2) is 0 Å². The minimum absolute atomic E-state index is 0. The molecule has 0 bridgehead atoms. The Hall–Kier alpha value is 0.660. The Balaban J connectivity index is -0.000000221. The summed E-state index contributed by atoms with van der Waals surface area (Å²) >= 11 is 0. The van der Waals surface area contributed by atoms with E-state index >= 15 is 0 Å². The smallest absolute Gasteiger partial charge is 1.00 e. The van der Waals surface area contributed by atoms with Gasteiger partial charge in [0.25, 0.3) is 0 Å².